The van der Waals surface area contributed by atoms with Gasteiger partial charge in [0.05, 0.1) is 7.11 Å². The third-order valence-corrected chi connectivity index (χ3v) is 6.36. The van der Waals surface area contributed by atoms with Crippen molar-refractivity contribution in [2.75, 3.05) is 7.11 Å². The average molecular weight is 463 g/mol. The molecule has 4 aromatic rings. The Morgan fingerprint density at radius 2 is 1.54 bits per heavy atom. The molecule has 4 aromatic carbocycles. The Labute approximate surface area is 205 Å². The van der Waals surface area contributed by atoms with Gasteiger partial charge >= 0.3 is 0 Å². The summed E-state index contributed by atoms with van der Waals surface area (Å²) in [4.78, 5) is 28.8. The number of hydrogen-bond acceptors (Lipinski definition) is 3. The minimum absolute atomic E-state index is 0.179. The van der Waals surface area contributed by atoms with Crippen molar-refractivity contribution in [3.05, 3.63) is 125 Å². The second-order valence-corrected chi connectivity index (χ2v) is 8.52. The van der Waals surface area contributed by atoms with Gasteiger partial charge in [-0.25, -0.2) is 0 Å². The molecule has 1 heterocycles. The summed E-state index contributed by atoms with van der Waals surface area (Å²) < 4.78 is 5.35. The number of rotatable bonds is 7. The van der Waals surface area contributed by atoms with Crippen LogP contribution in [0.4, 0.5) is 0 Å². The van der Waals surface area contributed by atoms with Crippen molar-refractivity contribution in [2.24, 2.45) is 0 Å². The smallest absolute Gasteiger partial charge is 0.255 e. The normalized spacial score (nSPS) is 14.5. The molecule has 1 aliphatic rings. The molecule has 0 fully saturated rings. The highest BCUT2D eigenvalue weighted by atomic mass is 16.5. The Kier molecular flexibility index (Phi) is 6.31. The maximum absolute atomic E-state index is 13.6. The summed E-state index contributed by atoms with van der Waals surface area (Å²) in [6.07, 6.45) is 0. The van der Waals surface area contributed by atoms with E-state index >= 15 is 0 Å². The molecular formula is C30H26N2O3. The Hall–Kier alpha value is -4.38. The summed E-state index contributed by atoms with van der Waals surface area (Å²) in [5.41, 5.74) is 5.28. The van der Waals surface area contributed by atoms with Gasteiger partial charge in [0.1, 0.15) is 11.8 Å². The van der Waals surface area contributed by atoms with Crippen LogP contribution in [0, 0.1) is 0 Å². The molecule has 5 rings (SSSR count). The van der Waals surface area contributed by atoms with Gasteiger partial charge in [-0.15, -0.1) is 0 Å². The van der Waals surface area contributed by atoms with Crippen molar-refractivity contribution < 1.29 is 14.3 Å². The molecule has 35 heavy (non-hydrogen) atoms. The van der Waals surface area contributed by atoms with Crippen molar-refractivity contribution in [3.8, 4) is 16.9 Å². The van der Waals surface area contributed by atoms with E-state index in [4.69, 9.17) is 4.74 Å². The van der Waals surface area contributed by atoms with Crippen molar-refractivity contribution in [1.82, 2.24) is 10.2 Å². The number of fused-ring (bicyclic) bond motifs is 1. The second kappa shape index (κ2) is 9.85. The van der Waals surface area contributed by atoms with E-state index < -0.39 is 6.04 Å². The van der Waals surface area contributed by atoms with Gasteiger partial charge in [0.2, 0.25) is 5.91 Å². The van der Waals surface area contributed by atoms with Crippen LogP contribution in [0.25, 0.3) is 11.1 Å². The van der Waals surface area contributed by atoms with E-state index in [9.17, 15) is 9.59 Å². The molecule has 2 amide bonds. The first-order valence-corrected chi connectivity index (χ1v) is 11.6. The van der Waals surface area contributed by atoms with Crippen LogP contribution in [-0.4, -0.2) is 23.8 Å². The fraction of sp³-hybridized carbons (Fsp3) is 0.133. The van der Waals surface area contributed by atoms with Gasteiger partial charge in [0, 0.05) is 18.7 Å². The first-order valence-electron chi connectivity index (χ1n) is 11.6. The number of ether oxygens (including phenoxy) is 1. The molecule has 0 spiro atoms. The minimum Gasteiger partial charge on any atom is -0.497 e. The lowest BCUT2D eigenvalue weighted by atomic mass is 9.99. The first kappa shape index (κ1) is 22.4. The number of benzene rings is 4. The molecule has 0 radical (unpaired) electrons. The predicted molar refractivity (Wildman–Crippen MR) is 136 cm³/mol. The molecule has 174 valence electrons. The fourth-order valence-electron chi connectivity index (χ4n) is 4.59. The van der Waals surface area contributed by atoms with E-state index in [1.807, 2.05) is 91.0 Å². The lowest BCUT2D eigenvalue weighted by molar-refractivity contribution is -0.125. The predicted octanol–water partition coefficient (Wildman–Crippen LogP) is 5.38. The Bertz CT molecular complexity index is 1350. The highest BCUT2D eigenvalue weighted by molar-refractivity contribution is 6.05. The molecular weight excluding hydrogens is 436 g/mol. The molecule has 1 aliphatic heterocycles. The van der Waals surface area contributed by atoms with Crippen LogP contribution >= 0.6 is 0 Å². The van der Waals surface area contributed by atoms with Gasteiger partial charge in [0.15, 0.2) is 0 Å². The topological polar surface area (TPSA) is 58.6 Å². The zero-order valence-corrected chi connectivity index (χ0v) is 19.5. The van der Waals surface area contributed by atoms with Gasteiger partial charge in [-0.05, 0) is 39.9 Å². The zero-order chi connectivity index (χ0) is 24.2. The molecule has 0 bridgehead atoms. The average Bonchev–Trinajstić information content (AvgIpc) is 3.19. The monoisotopic (exact) mass is 462 g/mol. The maximum atomic E-state index is 13.6. The summed E-state index contributed by atoms with van der Waals surface area (Å²) in [6, 6.07) is 32.4. The number of amides is 2. The van der Waals surface area contributed by atoms with Gasteiger partial charge < -0.3 is 15.0 Å². The molecule has 5 nitrogen and oxygen atoms in total. The van der Waals surface area contributed by atoms with Crippen LogP contribution in [0.3, 0.4) is 0 Å². The molecule has 1 N–H and O–H groups in total. The number of nitrogens with zero attached hydrogens (tertiary/aromatic N) is 1. The highest BCUT2D eigenvalue weighted by Gasteiger charge is 2.41. The zero-order valence-electron chi connectivity index (χ0n) is 19.5. The molecule has 0 aliphatic carbocycles. The summed E-state index contributed by atoms with van der Waals surface area (Å²) in [7, 11) is 1.57. The van der Waals surface area contributed by atoms with Gasteiger partial charge in [-0.1, -0.05) is 91.0 Å². The molecule has 1 unspecified atom stereocenters. The summed E-state index contributed by atoms with van der Waals surface area (Å²) in [5.74, 6) is 0.206. The number of methoxy groups -OCH3 is 1. The largest absolute Gasteiger partial charge is 0.497 e. The molecule has 5 heteroatoms. The van der Waals surface area contributed by atoms with E-state index in [1.165, 1.54) is 0 Å². The Morgan fingerprint density at radius 3 is 2.29 bits per heavy atom. The second-order valence-electron chi connectivity index (χ2n) is 8.52. The van der Waals surface area contributed by atoms with Crippen LogP contribution < -0.4 is 10.1 Å². The lowest BCUT2D eigenvalue weighted by Gasteiger charge is -2.26. The Morgan fingerprint density at radius 1 is 0.857 bits per heavy atom. The van der Waals surface area contributed by atoms with E-state index in [-0.39, 0.29) is 11.8 Å². The third-order valence-electron chi connectivity index (χ3n) is 6.36. The molecule has 0 saturated heterocycles. The number of carbonyl (C=O) groups excluding carboxylic acids is 2. The third kappa shape index (κ3) is 4.53. The van der Waals surface area contributed by atoms with Gasteiger partial charge in [-0.2, -0.15) is 0 Å². The van der Waals surface area contributed by atoms with Crippen LogP contribution in [-0.2, 0) is 17.9 Å². The van der Waals surface area contributed by atoms with E-state index in [0.29, 0.717) is 30.0 Å². The fourth-order valence-corrected chi connectivity index (χ4v) is 4.59. The molecule has 1 atom stereocenters. The van der Waals surface area contributed by atoms with Gasteiger partial charge in [0.25, 0.3) is 5.91 Å². The number of nitrogens with one attached hydrogen (secondary N) is 1. The van der Waals surface area contributed by atoms with Crippen LogP contribution in [0.2, 0.25) is 0 Å². The summed E-state index contributed by atoms with van der Waals surface area (Å²) in [6.45, 7) is 0.703. The van der Waals surface area contributed by atoms with E-state index in [1.54, 1.807) is 24.1 Å². The maximum Gasteiger partial charge on any atom is 0.255 e. The van der Waals surface area contributed by atoms with E-state index in [2.05, 4.69) is 5.32 Å². The summed E-state index contributed by atoms with van der Waals surface area (Å²) in [5, 5.41) is 3.03. The standard InChI is InChI=1S/C30H26N2O3/c1-35-24-16-17-26-27(18-24)30(34)32(28(26)29(33)31-19-21-10-4-2-5-11-21)20-23-14-8-9-15-25(23)22-12-6-3-7-13-22/h2-18,28H,19-20H2,1H3,(H,31,33). The van der Waals surface area contributed by atoms with Crippen molar-refractivity contribution >= 4 is 11.8 Å². The van der Waals surface area contributed by atoms with Crippen molar-refractivity contribution in [1.29, 1.82) is 0 Å². The SMILES string of the molecule is COc1ccc2c(c1)C(=O)N(Cc1ccccc1-c1ccccc1)C2C(=O)NCc1ccccc1. The highest BCUT2D eigenvalue weighted by Crippen LogP contribution is 2.38. The van der Waals surface area contributed by atoms with Crippen molar-refractivity contribution in [2.45, 2.75) is 19.1 Å². The lowest BCUT2D eigenvalue weighted by Crippen LogP contribution is -2.38. The molecule has 0 aromatic heterocycles. The van der Waals surface area contributed by atoms with Crippen LogP contribution in [0.5, 0.6) is 5.75 Å². The van der Waals surface area contributed by atoms with Crippen LogP contribution in [0.15, 0.2) is 103 Å². The molecule has 0 saturated carbocycles. The number of carbonyl (C=O) groups is 2. The van der Waals surface area contributed by atoms with E-state index in [0.717, 1.165) is 22.3 Å². The quantitative estimate of drug-likeness (QED) is 0.401. The van der Waals surface area contributed by atoms with Crippen molar-refractivity contribution in [3.63, 3.8) is 0 Å². The summed E-state index contributed by atoms with van der Waals surface area (Å²) >= 11 is 0. The number of hydrogen-bond donors (Lipinski definition) is 1. The first-order chi connectivity index (χ1) is 17.2. The Balaban J connectivity index is 1.49. The van der Waals surface area contributed by atoms with Crippen LogP contribution in [0.1, 0.15) is 33.1 Å². The minimum atomic E-state index is -0.726. The van der Waals surface area contributed by atoms with Gasteiger partial charge in [-0.3, -0.25) is 9.59 Å².